The highest BCUT2D eigenvalue weighted by Crippen LogP contribution is 2.42. The van der Waals surface area contributed by atoms with Gasteiger partial charge in [0.25, 0.3) is 5.91 Å². The number of nitrogens with zero attached hydrogens (tertiary/aromatic N) is 2. The summed E-state index contributed by atoms with van der Waals surface area (Å²) in [6.45, 7) is 6.30. The summed E-state index contributed by atoms with van der Waals surface area (Å²) >= 11 is 1.53. The monoisotopic (exact) mass is 575 g/mol. The molecule has 1 saturated carbocycles. The number of amides is 1. The van der Waals surface area contributed by atoms with E-state index in [9.17, 15) is 4.79 Å². The van der Waals surface area contributed by atoms with E-state index < -0.39 is 0 Å². The predicted molar refractivity (Wildman–Crippen MR) is 171 cm³/mol. The Balaban J connectivity index is 1.77. The average molecular weight is 576 g/mol. The van der Waals surface area contributed by atoms with Gasteiger partial charge in [-0.3, -0.25) is 9.79 Å². The Kier molecular flexibility index (Phi) is 10.6. The van der Waals surface area contributed by atoms with E-state index in [1.807, 2.05) is 63.1 Å². The molecule has 1 fully saturated rings. The van der Waals surface area contributed by atoms with E-state index >= 15 is 4.39 Å². The van der Waals surface area contributed by atoms with Crippen LogP contribution in [0.4, 0.5) is 4.39 Å². The van der Waals surface area contributed by atoms with Crippen LogP contribution in [0, 0.1) is 12.7 Å². The van der Waals surface area contributed by atoms with Crippen LogP contribution in [0.1, 0.15) is 67.3 Å². The van der Waals surface area contributed by atoms with Gasteiger partial charge in [0.05, 0.1) is 12.0 Å². The summed E-state index contributed by atoms with van der Waals surface area (Å²) < 4.78 is 20.9. The van der Waals surface area contributed by atoms with Crippen LogP contribution in [0.3, 0.4) is 0 Å². The molecule has 0 aromatic heterocycles. The van der Waals surface area contributed by atoms with Crippen LogP contribution >= 0.6 is 11.8 Å². The van der Waals surface area contributed by atoms with Gasteiger partial charge in [0.1, 0.15) is 11.6 Å². The van der Waals surface area contributed by atoms with Crippen molar-refractivity contribution in [2.24, 2.45) is 4.99 Å². The number of methoxy groups -OCH3 is 1. The van der Waals surface area contributed by atoms with Crippen molar-refractivity contribution >= 4 is 35.0 Å². The molecule has 2 aromatic carbocycles. The fraction of sp³-hybridized carbons (Fsp3) is 0.412. The number of aryl methyl sites for hydroxylation is 1. The second-order valence-corrected chi connectivity index (χ2v) is 11.7. The van der Waals surface area contributed by atoms with E-state index in [2.05, 4.69) is 22.5 Å². The first kappa shape index (κ1) is 30.8. The fourth-order valence-corrected chi connectivity index (χ4v) is 7.14. The Bertz CT molecular complexity index is 1390. The van der Waals surface area contributed by atoms with Crippen molar-refractivity contribution in [1.82, 2.24) is 10.2 Å². The molecule has 41 heavy (non-hydrogen) atoms. The second-order valence-electron chi connectivity index (χ2n) is 10.7. The molecular formula is C34H42FN3O2S. The lowest BCUT2D eigenvalue weighted by Crippen LogP contribution is -2.45. The van der Waals surface area contributed by atoms with Crippen molar-refractivity contribution in [1.29, 1.82) is 0 Å². The van der Waals surface area contributed by atoms with E-state index in [1.54, 1.807) is 20.4 Å². The van der Waals surface area contributed by atoms with Crippen molar-refractivity contribution in [3.63, 3.8) is 0 Å². The maximum absolute atomic E-state index is 15.1. The van der Waals surface area contributed by atoms with Crippen LogP contribution in [0.15, 0.2) is 58.5 Å². The number of aliphatic imine (C=N–C) groups is 1. The van der Waals surface area contributed by atoms with Crippen LogP contribution in [0.5, 0.6) is 5.75 Å². The van der Waals surface area contributed by atoms with Gasteiger partial charge in [-0.2, -0.15) is 0 Å². The zero-order valence-corrected chi connectivity index (χ0v) is 25.9. The highest BCUT2D eigenvalue weighted by atomic mass is 32.2. The molecule has 5 nitrogen and oxygen atoms in total. The summed E-state index contributed by atoms with van der Waals surface area (Å²) in [6, 6.07) is 10.0. The molecule has 7 heteroatoms. The number of fused-ring (bicyclic) bond motifs is 1. The maximum Gasteiger partial charge on any atom is 0.261 e. The topological polar surface area (TPSA) is 53.9 Å². The Morgan fingerprint density at radius 2 is 1.95 bits per heavy atom. The third-order valence-corrected chi connectivity index (χ3v) is 9.48. The summed E-state index contributed by atoms with van der Waals surface area (Å²) in [4.78, 5) is 21.2. The van der Waals surface area contributed by atoms with Gasteiger partial charge in [0.15, 0.2) is 0 Å². The first-order valence-corrected chi connectivity index (χ1v) is 15.3. The molecule has 1 aliphatic carbocycles. The van der Waals surface area contributed by atoms with Crippen molar-refractivity contribution in [3.05, 3.63) is 87.1 Å². The number of thioether (sulfide) groups is 1. The van der Waals surface area contributed by atoms with E-state index in [-0.39, 0.29) is 17.8 Å². The number of carbonyl (C=O) groups excluding carboxylic acids is 1. The molecule has 0 radical (unpaired) electrons. The number of nitrogens with one attached hydrogen (secondary N) is 1. The van der Waals surface area contributed by atoms with Gasteiger partial charge >= 0.3 is 0 Å². The minimum absolute atomic E-state index is 0.0262. The third kappa shape index (κ3) is 6.84. The Labute approximate surface area is 248 Å². The van der Waals surface area contributed by atoms with Crippen molar-refractivity contribution in [2.75, 3.05) is 21.2 Å². The maximum atomic E-state index is 15.1. The van der Waals surface area contributed by atoms with Crippen LogP contribution in [-0.4, -0.2) is 50.3 Å². The molecule has 218 valence electrons. The Morgan fingerprint density at radius 3 is 2.61 bits per heavy atom. The van der Waals surface area contributed by atoms with Gasteiger partial charge in [0, 0.05) is 48.8 Å². The van der Waals surface area contributed by atoms with Gasteiger partial charge < -0.3 is 15.0 Å². The summed E-state index contributed by atoms with van der Waals surface area (Å²) in [5.74, 6) is 1.05. The minimum atomic E-state index is -0.261. The normalized spacial score (nSPS) is 19.6. The highest BCUT2D eigenvalue weighted by Gasteiger charge is 2.34. The lowest BCUT2D eigenvalue weighted by atomic mass is 9.89. The molecule has 0 saturated heterocycles. The predicted octanol–water partition coefficient (Wildman–Crippen LogP) is 7.34. The number of hydrogen-bond donors (Lipinski definition) is 1. The lowest BCUT2D eigenvalue weighted by Gasteiger charge is -2.38. The second kappa shape index (κ2) is 14.1. The zero-order chi connectivity index (χ0) is 29.5. The molecule has 0 bridgehead atoms. The molecule has 0 unspecified atom stereocenters. The van der Waals surface area contributed by atoms with Gasteiger partial charge in [-0.25, -0.2) is 4.39 Å². The smallest absolute Gasteiger partial charge is 0.261 e. The number of halogens is 1. The molecule has 2 aromatic rings. The largest absolute Gasteiger partial charge is 0.496 e. The zero-order valence-electron chi connectivity index (χ0n) is 25.1. The molecule has 1 N–H and O–H groups in total. The van der Waals surface area contributed by atoms with Crippen LogP contribution in [-0.2, 0) is 17.1 Å². The number of carbonyl (C=O) groups is 1. The molecule has 1 amide bonds. The summed E-state index contributed by atoms with van der Waals surface area (Å²) in [7, 11) is 5.42. The van der Waals surface area contributed by atoms with Crippen molar-refractivity contribution in [2.45, 2.75) is 70.8 Å². The van der Waals surface area contributed by atoms with Gasteiger partial charge in [-0.1, -0.05) is 24.3 Å². The van der Waals surface area contributed by atoms with E-state index in [1.165, 1.54) is 17.8 Å². The Hall–Kier alpha value is -3.16. The SMILES string of the molecule is C/C=C\C(=C/C=NC)c1ccc(OC)c(CN(C(=O)C2=C(C)c3c(F)ccc(C)c3CS2)C2CCC(NC)CC2)c1. The molecule has 0 atom stereocenters. The lowest BCUT2D eigenvalue weighted by molar-refractivity contribution is -0.130. The molecule has 1 aliphatic heterocycles. The highest BCUT2D eigenvalue weighted by molar-refractivity contribution is 8.03. The van der Waals surface area contributed by atoms with Gasteiger partial charge in [-0.15, -0.1) is 11.8 Å². The Morgan fingerprint density at radius 1 is 1.20 bits per heavy atom. The number of allylic oxidation sites excluding steroid dienone is 5. The number of hydrogen-bond acceptors (Lipinski definition) is 5. The first-order chi connectivity index (χ1) is 19.8. The first-order valence-electron chi connectivity index (χ1n) is 14.4. The molecular weight excluding hydrogens is 533 g/mol. The quantitative estimate of drug-likeness (QED) is 0.251. The van der Waals surface area contributed by atoms with E-state index in [0.29, 0.717) is 28.8 Å². The average Bonchev–Trinajstić information content (AvgIpc) is 2.99. The number of rotatable bonds is 9. The standard InChI is InChI=1S/C34H42FN3O2S/c1-7-8-24(17-18-36-4)25-10-16-31(40-6)26(19-25)20-38(28-13-11-27(37-5)12-14-28)34(39)33-23(3)32-29(21-41-33)22(2)9-15-30(32)35/h7-10,15-19,27-28,37H,11-14,20-21H2,1-6H3/b8-7-,24-17+,36-18?. The number of ether oxygens (including phenoxy) is 1. The molecule has 2 aliphatic rings. The summed E-state index contributed by atoms with van der Waals surface area (Å²) in [5.41, 5.74) is 6.36. The van der Waals surface area contributed by atoms with Crippen LogP contribution in [0.25, 0.3) is 11.1 Å². The third-order valence-electron chi connectivity index (χ3n) is 8.28. The van der Waals surface area contributed by atoms with E-state index in [4.69, 9.17) is 4.74 Å². The number of benzene rings is 2. The fourth-order valence-electron chi connectivity index (χ4n) is 5.92. The van der Waals surface area contributed by atoms with Crippen LogP contribution in [0.2, 0.25) is 0 Å². The van der Waals surface area contributed by atoms with E-state index in [0.717, 1.165) is 64.8 Å². The molecule has 4 rings (SSSR count). The molecule has 1 heterocycles. The molecule has 0 spiro atoms. The minimum Gasteiger partial charge on any atom is -0.496 e. The summed E-state index contributed by atoms with van der Waals surface area (Å²) in [5, 5.41) is 3.40. The van der Waals surface area contributed by atoms with Gasteiger partial charge in [0.2, 0.25) is 0 Å². The van der Waals surface area contributed by atoms with Crippen molar-refractivity contribution in [3.8, 4) is 5.75 Å². The van der Waals surface area contributed by atoms with Crippen molar-refractivity contribution < 1.29 is 13.9 Å². The van der Waals surface area contributed by atoms with Crippen LogP contribution < -0.4 is 10.1 Å². The summed E-state index contributed by atoms with van der Waals surface area (Å²) in [6.07, 6.45) is 11.7. The van der Waals surface area contributed by atoms with Gasteiger partial charge in [-0.05, 0) is 106 Å².